The Balaban J connectivity index is 3.47. The van der Waals surface area contributed by atoms with Gasteiger partial charge >= 0.3 is 11.9 Å². The lowest BCUT2D eigenvalue weighted by molar-refractivity contribution is -0.161. The van der Waals surface area contributed by atoms with Crippen LogP contribution in [0.1, 0.15) is 284 Å². The lowest BCUT2D eigenvalue weighted by Crippen LogP contribution is -2.28. The summed E-state index contributed by atoms with van der Waals surface area (Å²) in [5.41, 5.74) is 0. The first-order valence-electron chi connectivity index (χ1n) is 31.7. The molecule has 0 aromatic carbocycles. The largest absolute Gasteiger partial charge is 0.462 e. The molecule has 1 atom stereocenters. The first-order chi connectivity index (χ1) is 37.6. The van der Waals surface area contributed by atoms with Crippen LogP contribution in [-0.2, 0) is 19.1 Å². The first kappa shape index (κ1) is 72.0. The maximum atomic E-state index is 12.3. The Hall–Kier alpha value is -3.96. The number of allylic oxidation sites excluding steroid dienone is 22. The lowest BCUT2D eigenvalue weighted by Gasteiger charge is -2.15. The Labute approximate surface area is 470 Å². The predicted octanol–water partition coefficient (Wildman–Crippen LogP) is 22.0. The van der Waals surface area contributed by atoms with Crippen LogP contribution >= 0.6 is 0 Å². The standard InChI is InChI=1S/C71H118O5/c1-3-5-7-9-11-13-15-17-19-21-23-25-26-27-28-29-30-31-32-33-34-35-36-37-38-39-40-41-42-43-44-46-47-49-51-53-55-57-59-61-63-65-70(73)75-68-69(67-72)76-71(74)66-64-62-60-58-56-54-52-50-48-45-24-22-20-18-16-14-12-10-8-6-4-2/h5-8,11-14,17-20,23-25,27-28,45,50,52,56,58,69,72H,3-4,9-10,15-16,21-22,26,29-44,46-49,51,53-55,57,59-68H2,1-2H3/b7-5-,8-6-,13-11-,14-12-,19-17-,20-18-,25-23-,28-27-,45-24-,52-50-,58-56-. The van der Waals surface area contributed by atoms with Crippen LogP contribution in [0.2, 0.25) is 0 Å². The van der Waals surface area contributed by atoms with Crippen molar-refractivity contribution in [3.8, 4) is 0 Å². The van der Waals surface area contributed by atoms with Crippen molar-refractivity contribution in [1.82, 2.24) is 0 Å². The molecule has 5 nitrogen and oxygen atoms in total. The maximum absolute atomic E-state index is 12.3. The van der Waals surface area contributed by atoms with Gasteiger partial charge in [-0.3, -0.25) is 9.59 Å². The molecule has 0 spiro atoms. The zero-order chi connectivity index (χ0) is 54.8. The Morgan fingerprint density at radius 3 is 0.816 bits per heavy atom. The highest BCUT2D eigenvalue weighted by atomic mass is 16.6. The van der Waals surface area contributed by atoms with Crippen LogP contribution < -0.4 is 0 Å². The van der Waals surface area contributed by atoms with Crippen molar-refractivity contribution in [2.45, 2.75) is 290 Å². The summed E-state index contributed by atoms with van der Waals surface area (Å²) in [6, 6.07) is 0. The third kappa shape index (κ3) is 62.6. The molecule has 0 aromatic heterocycles. The Morgan fingerprint density at radius 2 is 0.526 bits per heavy atom. The fourth-order valence-corrected chi connectivity index (χ4v) is 8.76. The van der Waals surface area contributed by atoms with E-state index in [1.54, 1.807) is 0 Å². The first-order valence-corrected chi connectivity index (χ1v) is 31.7. The lowest BCUT2D eigenvalue weighted by atomic mass is 10.0. The summed E-state index contributed by atoms with van der Waals surface area (Å²) in [4.78, 5) is 24.5. The van der Waals surface area contributed by atoms with E-state index in [1.807, 2.05) is 0 Å². The van der Waals surface area contributed by atoms with Crippen LogP contribution in [0.3, 0.4) is 0 Å². The third-order valence-electron chi connectivity index (χ3n) is 13.4. The quantitative estimate of drug-likeness (QED) is 0.0373. The Kier molecular flexibility index (Phi) is 61.9. The van der Waals surface area contributed by atoms with E-state index in [-0.39, 0.29) is 25.2 Å². The average Bonchev–Trinajstić information content (AvgIpc) is 3.42. The number of carbonyl (C=O) groups excluding carboxylic acids is 2. The fourth-order valence-electron chi connectivity index (χ4n) is 8.76. The number of unbranched alkanes of at least 4 members (excludes halogenated alkanes) is 27. The SMILES string of the molecule is CC/C=C\C/C=C\C/C=C\C/C=C\C/C=C\C/C=C\CCCCC(=O)OC(CO)COC(=O)CCCCCCCCCCCCCCCCCCCCCCCCCCC/C=C\C/C=C\C/C=C\C/C=C\C/C=C\CC. The van der Waals surface area contributed by atoms with E-state index < -0.39 is 6.10 Å². The van der Waals surface area contributed by atoms with E-state index in [0.717, 1.165) is 109 Å². The molecule has 0 radical (unpaired) electrons. The van der Waals surface area contributed by atoms with E-state index in [1.165, 1.54) is 148 Å². The second-order valence-electron chi connectivity index (χ2n) is 20.7. The molecule has 1 unspecified atom stereocenters. The van der Waals surface area contributed by atoms with Gasteiger partial charge in [0.15, 0.2) is 6.10 Å². The minimum absolute atomic E-state index is 0.0877. The summed E-state index contributed by atoms with van der Waals surface area (Å²) in [6.45, 7) is 3.89. The van der Waals surface area contributed by atoms with E-state index in [0.29, 0.717) is 12.8 Å². The number of hydrogen-bond acceptors (Lipinski definition) is 5. The van der Waals surface area contributed by atoms with Gasteiger partial charge in [0.05, 0.1) is 6.61 Å². The smallest absolute Gasteiger partial charge is 0.306 e. The maximum Gasteiger partial charge on any atom is 0.306 e. The van der Waals surface area contributed by atoms with Gasteiger partial charge in [-0.25, -0.2) is 0 Å². The third-order valence-corrected chi connectivity index (χ3v) is 13.4. The summed E-state index contributed by atoms with van der Waals surface area (Å²) < 4.78 is 10.7. The molecule has 0 saturated heterocycles. The second-order valence-corrected chi connectivity index (χ2v) is 20.7. The molecule has 1 N–H and O–H groups in total. The van der Waals surface area contributed by atoms with E-state index in [4.69, 9.17) is 9.47 Å². The van der Waals surface area contributed by atoms with Crippen LogP contribution in [0.25, 0.3) is 0 Å². The molecular formula is C71H118O5. The Bertz CT molecular complexity index is 1570. The molecular weight excluding hydrogens is 933 g/mol. The molecule has 0 rings (SSSR count). The number of esters is 2. The van der Waals surface area contributed by atoms with Crippen LogP contribution in [0, 0.1) is 0 Å². The molecule has 0 amide bonds. The van der Waals surface area contributed by atoms with Crippen molar-refractivity contribution in [2.75, 3.05) is 13.2 Å². The Morgan fingerprint density at radius 1 is 0.303 bits per heavy atom. The normalized spacial score (nSPS) is 13.1. The second kappa shape index (κ2) is 65.3. The molecule has 5 heteroatoms. The molecule has 0 aromatic rings. The summed E-state index contributed by atoms with van der Waals surface area (Å²) in [7, 11) is 0. The monoisotopic (exact) mass is 1050 g/mol. The molecule has 0 heterocycles. The summed E-state index contributed by atoms with van der Waals surface area (Å²) >= 11 is 0. The average molecular weight is 1050 g/mol. The van der Waals surface area contributed by atoms with Crippen molar-refractivity contribution in [1.29, 1.82) is 0 Å². The minimum Gasteiger partial charge on any atom is -0.462 e. The topological polar surface area (TPSA) is 72.8 Å². The fraction of sp³-hybridized carbons (Fsp3) is 0.662. The molecule has 76 heavy (non-hydrogen) atoms. The van der Waals surface area contributed by atoms with E-state index >= 15 is 0 Å². The number of ether oxygens (including phenoxy) is 2. The highest BCUT2D eigenvalue weighted by molar-refractivity contribution is 5.70. The number of aliphatic hydroxyl groups excluding tert-OH is 1. The minimum atomic E-state index is -0.802. The van der Waals surface area contributed by atoms with Gasteiger partial charge < -0.3 is 14.6 Å². The number of carbonyl (C=O) groups is 2. The van der Waals surface area contributed by atoms with Gasteiger partial charge in [-0.2, -0.15) is 0 Å². The van der Waals surface area contributed by atoms with Crippen molar-refractivity contribution in [2.24, 2.45) is 0 Å². The van der Waals surface area contributed by atoms with Gasteiger partial charge in [0.1, 0.15) is 6.61 Å². The molecule has 0 bridgehead atoms. The van der Waals surface area contributed by atoms with Crippen LogP contribution in [0.15, 0.2) is 134 Å². The van der Waals surface area contributed by atoms with Gasteiger partial charge in [0.2, 0.25) is 0 Å². The van der Waals surface area contributed by atoms with Gasteiger partial charge in [0.25, 0.3) is 0 Å². The van der Waals surface area contributed by atoms with Crippen LogP contribution in [0.4, 0.5) is 0 Å². The van der Waals surface area contributed by atoms with Gasteiger partial charge in [-0.15, -0.1) is 0 Å². The molecule has 0 saturated carbocycles. The number of rotatable bonds is 57. The summed E-state index contributed by atoms with van der Waals surface area (Å²) in [5.74, 6) is -0.639. The van der Waals surface area contributed by atoms with Gasteiger partial charge in [-0.05, 0) is 109 Å². The zero-order valence-corrected chi connectivity index (χ0v) is 49.5. The van der Waals surface area contributed by atoms with Gasteiger partial charge in [0, 0.05) is 12.8 Å². The van der Waals surface area contributed by atoms with Crippen LogP contribution in [-0.4, -0.2) is 36.4 Å². The predicted molar refractivity (Wildman–Crippen MR) is 334 cm³/mol. The summed E-state index contributed by atoms with van der Waals surface area (Å²) in [6.07, 6.45) is 97.5. The van der Waals surface area contributed by atoms with E-state index in [9.17, 15) is 14.7 Å². The van der Waals surface area contributed by atoms with Crippen molar-refractivity contribution < 1.29 is 24.2 Å². The molecule has 0 fully saturated rings. The highest BCUT2D eigenvalue weighted by Crippen LogP contribution is 2.17. The number of hydrogen-bond donors (Lipinski definition) is 1. The molecule has 0 aliphatic rings. The molecule has 0 aliphatic heterocycles. The van der Waals surface area contributed by atoms with Crippen molar-refractivity contribution >= 4 is 11.9 Å². The molecule has 432 valence electrons. The number of aliphatic hydroxyl groups is 1. The van der Waals surface area contributed by atoms with Gasteiger partial charge in [-0.1, -0.05) is 295 Å². The van der Waals surface area contributed by atoms with Crippen LogP contribution in [0.5, 0.6) is 0 Å². The summed E-state index contributed by atoms with van der Waals surface area (Å²) in [5, 5.41) is 9.66. The van der Waals surface area contributed by atoms with Crippen molar-refractivity contribution in [3.63, 3.8) is 0 Å². The highest BCUT2D eigenvalue weighted by Gasteiger charge is 2.16. The zero-order valence-electron chi connectivity index (χ0n) is 49.5. The van der Waals surface area contributed by atoms with Crippen molar-refractivity contribution in [3.05, 3.63) is 134 Å². The van der Waals surface area contributed by atoms with E-state index in [2.05, 4.69) is 148 Å². The molecule has 0 aliphatic carbocycles.